The molecule has 1 aliphatic carbocycles. The molecule has 0 N–H and O–H groups in total. The molecule has 0 radical (unpaired) electrons. The van der Waals surface area contributed by atoms with Crippen molar-refractivity contribution in [2.24, 2.45) is 5.92 Å². The fourth-order valence-electron chi connectivity index (χ4n) is 5.19. The van der Waals surface area contributed by atoms with E-state index in [4.69, 9.17) is 9.47 Å². The second-order valence-electron chi connectivity index (χ2n) is 9.73. The molecule has 1 saturated carbocycles. The Morgan fingerprint density at radius 2 is 1.65 bits per heavy atom. The molecule has 37 heavy (non-hydrogen) atoms. The van der Waals surface area contributed by atoms with Gasteiger partial charge < -0.3 is 9.47 Å². The normalized spacial score (nSPS) is 17.4. The van der Waals surface area contributed by atoms with E-state index in [0.29, 0.717) is 54.8 Å². The molecule has 0 atom stereocenters. The van der Waals surface area contributed by atoms with Crippen molar-refractivity contribution in [1.82, 2.24) is 0 Å². The summed E-state index contributed by atoms with van der Waals surface area (Å²) >= 11 is 0. The molecule has 3 aromatic rings. The quantitative estimate of drug-likeness (QED) is 0.190. The van der Waals surface area contributed by atoms with Gasteiger partial charge in [0.25, 0.3) is 0 Å². The molecule has 0 unspecified atom stereocenters. The summed E-state index contributed by atoms with van der Waals surface area (Å²) in [5, 5.41) is 0. The third-order valence-electron chi connectivity index (χ3n) is 7.31. The predicted octanol–water partition coefficient (Wildman–Crippen LogP) is 9.03. The molecule has 1 aliphatic rings. The molecule has 0 aliphatic heterocycles. The maximum Gasteiger partial charge on any atom is 0.166 e. The summed E-state index contributed by atoms with van der Waals surface area (Å²) in [6.45, 7) is 6.51. The Kier molecular flexibility index (Phi) is 9.32. The van der Waals surface area contributed by atoms with Gasteiger partial charge in [-0.05, 0) is 105 Å². The Morgan fingerprint density at radius 3 is 2.32 bits per heavy atom. The van der Waals surface area contributed by atoms with Crippen LogP contribution in [-0.4, -0.2) is 13.2 Å². The highest BCUT2D eigenvalue weighted by molar-refractivity contribution is 5.65. The first-order valence-electron chi connectivity index (χ1n) is 13.2. The lowest BCUT2D eigenvalue weighted by Gasteiger charge is -2.29. The van der Waals surface area contributed by atoms with Gasteiger partial charge >= 0.3 is 0 Å². The minimum Gasteiger partial charge on any atom is -0.494 e. The Hall–Kier alpha value is -3.21. The molecular weight excluding hydrogens is 473 g/mol. The summed E-state index contributed by atoms with van der Waals surface area (Å²) in [5.41, 5.74) is 2.31. The lowest BCUT2D eigenvalue weighted by Crippen LogP contribution is -2.14. The van der Waals surface area contributed by atoms with E-state index in [2.05, 4.69) is 6.58 Å². The standard InChI is InChI=1S/C32H35F3O2/c1-3-5-20-37-30-19-15-26(21-29(30)33)23-9-6-22(7-10-23)8-11-25-14-18-28(32(35)31(25)34)24-12-16-27(17-13-24)36-4-2/h3,12-19,21-23H,1,4-11,20H2,2H3. The molecule has 0 saturated heterocycles. The zero-order chi connectivity index (χ0) is 26.2. The van der Waals surface area contributed by atoms with Gasteiger partial charge in [0.15, 0.2) is 23.2 Å². The third-order valence-corrected chi connectivity index (χ3v) is 7.31. The zero-order valence-electron chi connectivity index (χ0n) is 21.4. The minimum absolute atomic E-state index is 0.258. The first-order chi connectivity index (χ1) is 18.0. The Balaban J connectivity index is 1.30. The van der Waals surface area contributed by atoms with Gasteiger partial charge in [-0.2, -0.15) is 0 Å². The summed E-state index contributed by atoms with van der Waals surface area (Å²) in [6.07, 6.45) is 7.67. The number of ether oxygens (including phenoxy) is 2. The summed E-state index contributed by atoms with van der Waals surface area (Å²) in [7, 11) is 0. The third kappa shape index (κ3) is 6.76. The second-order valence-corrected chi connectivity index (χ2v) is 9.73. The summed E-state index contributed by atoms with van der Waals surface area (Å²) in [6, 6.07) is 15.7. The van der Waals surface area contributed by atoms with Gasteiger partial charge in [0.2, 0.25) is 0 Å². The topological polar surface area (TPSA) is 18.5 Å². The monoisotopic (exact) mass is 508 g/mol. The van der Waals surface area contributed by atoms with Crippen molar-refractivity contribution in [1.29, 1.82) is 0 Å². The van der Waals surface area contributed by atoms with Gasteiger partial charge in [-0.3, -0.25) is 0 Å². The van der Waals surface area contributed by atoms with Gasteiger partial charge in [-0.25, -0.2) is 13.2 Å². The summed E-state index contributed by atoms with van der Waals surface area (Å²) in [4.78, 5) is 0. The average molecular weight is 509 g/mol. The molecule has 0 heterocycles. The van der Waals surface area contributed by atoms with Crippen molar-refractivity contribution in [3.63, 3.8) is 0 Å². The smallest absolute Gasteiger partial charge is 0.166 e. The number of hydrogen-bond acceptors (Lipinski definition) is 2. The molecule has 196 valence electrons. The van der Waals surface area contributed by atoms with E-state index in [1.807, 2.05) is 13.0 Å². The van der Waals surface area contributed by atoms with Crippen LogP contribution in [0.15, 0.2) is 67.3 Å². The predicted molar refractivity (Wildman–Crippen MR) is 143 cm³/mol. The summed E-state index contributed by atoms with van der Waals surface area (Å²) in [5.74, 6) is -0.132. The fourth-order valence-corrected chi connectivity index (χ4v) is 5.19. The van der Waals surface area contributed by atoms with E-state index < -0.39 is 11.6 Å². The van der Waals surface area contributed by atoms with Crippen molar-refractivity contribution in [2.45, 2.75) is 57.8 Å². The van der Waals surface area contributed by atoms with Crippen LogP contribution in [0.5, 0.6) is 11.5 Å². The number of hydrogen-bond donors (Lipinski definition) is 0. The van der Waals surface area contributed by atoms with Crippen LogP contribution < -0.4 is 9.47 Å². The van der Waals surface area contributed by atoms with Crippen LogP contribution in [0.3, 0.4) is 0 Å². The summed E-state index contributed by atoms with van der Waals surface area (Å²) < 4.78 is 55.1. The molecule has 0 aromatic heterocycles. The highest BCUT2D eigenvalue weighted by Gasteiger charge is 2.24. The zero-order valence-corrected chi connectivity index (χ0v) is 21.4. The first kappa shape index (κ1) is 26.8. The van der Waals surface area contributed by atoms with Crippen LogP contribution in [0.2, 0.25) is 0 Å². The van der Waals surface area contributed by atoms with Crippen LogP contribution in [-0.2, 0) is 6.42 Å². The Morgan fingerprint density at radius 1 is 0.892 bits per heavy atom. The molecule has 0 spiro atoms. The molecule has 1 fully saturated rings. The van der Waals surface area contributed by atoms with Crippen molar-refractivity contribution in [2.75, 3.05) is 13.2 Å². The van der Waals surface area contributed by atoms with Crippen LogP contribution in [0, 0.1) is 23.4 Å². The minimum atomic E-state index is -0.802. The van der Waals surface area contributed by atoms with Gasteiger partial charge in [0, 0.05) is 5.56 Å². The van der Waals surface area contributed by atoms with Crippen molar-refractivity contribution >= 4 is 0 Å². The SMILES string of the molecule is C=CCCOc1ccc(C2CCC(CCc3ccc(-c4ccc(OCC)cc4)c(F)c3F)CC2)cc1F. The lowest BCUT2D eigenvalue weighted by atomic mass is 9.77. The van der Waals surface area contributed by atoms with E-state index in [1.165, 1.54) is 0 Å². The van der Waals surface area contributed by atoms with Crippen LogP contribution in [0.25, 0.3) is 11.1 Å². The van der Waals surface area contributed by atoms with Crippen LogP contribution in [0.1, 0.15) is 62.5 Å². The van der Waals surface area contributed by atoms with Gasteiger partial charge in [0.1, 0.15) is 5.75 Å². The molecular formula is C32H35F3O2. The largest absolute Gasteiger partial charge is 0.494 e. The van der Waals surface area contributed by atoms with E-state index in [9.17, 15) is 13.2 Å². The maximum atomic E-state index is 14.9. The van der Waals surface area contributed by atoms with E-state index >= 15 is 0 Å². The van der Waals surface area contributed by atoms with E-state index in [0.717, 1.165) is 37.7 Å². The molecule has 0 amide bonds. The first-order valence-corrected chi connectivity index (χ1v) is 13.2. The molecule has 5 heteroatoms. The Labute approximate surface area is 218 Å². The number of rotatable bonds is 11. The highest BCUT2D eigenvalue weighted by Crippen LogP contribution is 2.39. The highest BCUT2D eigenvalue weighted by atomic mass is 19.2. The molecule has 0 bridgehead atoms. The molecule has 4 rings (SSSR count). The number of aryl methyl sites for hydroxylation is 1. The van der Waals surface area contributed by atoms with Gasteiger partial charge in [0.05, 0.1) is 13.2 Å². The average Bonchev–Trinajstić information content (AvgIpc) is 2.92. The van der Waals surface area contributed by atoms with Crippen LogP contribution in [0.4, 0.5) is 13.2 Å². The van der Waals surface area contributed by atoms with Gasteiger partial charge in [-0.15, -0.1) is 6.58 Å². The van der Waals surface area contributed by atoms with Crippen molar-refractivity contribution < 1.29 is 22.6 Å². The van der Waals surface area contributed by atoms with Crippen molar-refractivity contribution in [3.05, 3.63) is 95.8 Å². The second kappa shape index (κ2) is 12.8. The molecule has 2 nitrogen and oxygen atoms in total. The maximum absolute atomic E-state index is 14.9. The number of halogens is 3. The number of benzene rings is 3. The van der Waals surface area contributed by atoms with E-state index in [-0.39, 0.29) is 17.1 Å². The Bertz CT molecular complexity index is 1180. The van der Waals surface area contributed by atoms with Gasteiger partial charge in [-0.1, -0.05) is 36.4 Å². The molecule has 3 aromatic carbocycles. The fraction of sp³-hybridized carbons (Fsp3) is 0.375. The van der Waals surface area contributed by atoms with Crippen molar-refractivity contribution in [3.8, 4) is 22.6 Å². The van der Waals surface area contributed by atoms with E-state index in [1.54, 1.807) is 54.6 Å². The van der Waals surface area contributed by atoms with Crippen LogP contribution >= 0.6 is 0 Å². The lowest BCUT2D eigenvalue weighted by molar-refractivity contribution is 0.302.